The normalized spacial score (nSPS) is 13.8. The molecule has 1 aliphatic rings. The van der Waals surface area contributed by atoms with Gasteiger partial charge in [0.2, 0.25) is 5.91 Å². The van der Waals surface area contributed by atoms with Crippen molar-refractivity contribution >= 4 is 39.4 Å². The topological polar surface area (TPSA) is 88.6 Å². The van der Waals surface area contributed by atoms with Crippen molar-refractivity contribution in [3.8, 4) is 0 Å². The molecular weight excluding hydrogens is 541 g/mol. The number of amides is 2. The van der Waals surface area contributed by atoms with Crippen molar-refractivity contribution in [2.75, 3.05) is 25.0 Å². The number of carbonyl (C=O) groups is 3. The van der Waals surface area contributed by atoms with Gasteiger partial charge in [-0.1, -0.05) is 24.3 Å². The minimum absolute atomic E-state index is 0.122. The zero-order valence-corrected chi connectivity index (χ0v) is 22.0. The van der Waals surface area contributed by atoms with E-state index >= 15 is 0 Å². The smallest absolute Gasteiger partial charge is 0.341 e. The number of rotatable bonds is 7. The summed E-state index contributed by atoms with van der Waals surface area (Å²) in [6.45, 7) is 2.72. The van der Waals surface area contributed by atoms with Crippen LogP contribution in [0, 0.1) is 5.82 Å². The lowest BCUT2D eigenvalue weighted by Gasteiger charge is -2.32. The molecule has 192 valence electrons. The van der Waals surface area contributed by atoms with Crippen molar-refractivity contribution in [3.63, 3.8) is 0 Å². The largest absolute Gasteiger partial charge is 0.462 e. The molecule has 1 aliphatic heterocycles. The van der Waals surface area contributed by atoms with E-state index in [9.17, 15) is 18.8 Å². The molecule has 7 nitrogen and oxygen atoms in total. The van der Waals surface area contributed by atoms with Crippen LogP contribution in [0.25, 0.3) is 0 Å². The summed E-state index contributed by atoms with van der Waals surface area (Å²) < 4.78 is 20.5. The molecule has 37 heavy (non-hydrogen) atoms. The Bertz CT molecular complexity index is 1270. The van der Waals surface area contributed by atoms with Crippen LogP contribution in [-0.4, -0.2) is 47.4 Å². The number of halogens is 2. The third-order valence-electron chi connectivity index (χ3n) is 6.33. The minimum Gasteiger partial charge on any atom is -0.462 e. The highest BCUT2D eigenvalue weighted by molar-refractivity contribution is 9.10. The monoisotopic (exact) mass is 567 g/mol. The van der Waals surface area contributed by atoms with E-state index in [1.54, 1.807) is 24.1 Å². The van der Waals surface area contributed by atoms with Crippen LogP contribution in [0.1, 0.15) is 57.5 Å². The lowest BCUT2D eigenvalue weighted by molar-refractivity contribution is -0.115. The molecule has 1 aromatic heterocycles. The van der Waals surface area contributed by atoms with E-state index in [2.05, 4.69) is 26.2 Å². The van der Waals surface area contributed by atoms with Crippen LogP contribution in [-0.2, 0) is 16.0 Å². The van der Waals surface area contributed by atoms with E-state index in [0.29, 0.717) is 18.8 Å². The van der Waals surface area contributed by atoms with E-state index in [1.165, 1.54) is 18.2 Å². The molecule has 2 aromatic carbocycles. The first-order valence-corrected chi connectivity index (χ1v) is 12.9. The van der Waals surface area contributed by atoms with Crippen molar-refractivity contribution in [1.29, 1.82) is 0 Å². The Labute approximate surface area is 223 Å². The number of pyridine rings is 1. The van der Waals surface area contributed by atoms with Crippen LogP contribution in [0.4, 0.5) is 10.1 Å². The van der Waals surface area contributed by atoms with Crippen LogP contribution in [0.2, 0.25) is 0 Å². The minimum atomic E-state index is -0.845. The standard InChI is InChI=1S/C28H27BrFN3O4/c1-2-37-28(36)23-5-3-4-22(26(23)30)27(35)33-14-12-20(13-15-33)19-7-9-21(10-8-19)32-25(34)16-18-6-11-24(29)31-17-18/h3-11,17,20H,2,12-16H2,1H3,(H,32,34). The quantitative estimate of drug-likeness (QED) is 0.306. The molecule has 9 heteroatoms. The van der Waals surface area contributed by atoms with Gasteiger partial charge in [0, 0.05) is 25.0 Å². The number of ether oxygens (including phenoxy) is 1. The zero-order chi connectivity index (χ0) is 26.4. The first kappa shape index (κ1) is 26.5. The van der Waals surface area contributed by atoms with Crippen LogP contribution < -0.4 is 5.32 Å². The molecule has 0 unspecified atom stereocenters. The number of piperidine rings is 1. The molecule has 0 saturated carbocycles. The molecular formula is C28H27BrFN3O4. The molecule has 2 heterocycles. The first-order valence-electron chi connectivity index (χ1n) is 12.1. The van der Waals surface area contributed by atoms with E-state index in [-0.39, 0.29) is 36.0 Å². The molecule has 1 fully saturated rings. The fourth-order valence-corrected chi connectivity index (χ4v) is 4.62. The lowest BCUT2D eigenvalue weighted by atomic mass is 9.89. The van der Waals surface area contributed by atoms with Gasteiger partial charge in [0.15, 0.2) is 0 Å². The fraction of sp³-hybridized carbons (Fsp3) is 0.286. The van der Waals surface area contributed by atoms with Gasteiger partial charge in [-0.05, 0) is 83.1 Å². The zero-order valence-electron chi connectivity index (χ0n) is 20.4. The Hall–Kier alpha value is -3.59. The summed E-state index contributed by atoms with van der Waals surface area (Å²) in [7, 11) is 0. The van der Waals surface area contributed by atoms with Gasteiger partial charge in [0.25, 0.3) is 5.91 Å². The van der Waals surface area contributed by atoms with Gasteiger partial charge < -0.3 is 15.0 Å². The second kappa shape index (κ2) is 12.1. The Morgan fingerprint density at radius 3 is 2.41 bits per heavy atom. The van der Waals surface area contributed by atoms with Crippen LogP contribution >= 0.6 is 15.9 Å². The van der Waals surface area contributed by atoms with Gasteiger partial charge in [-0.15, -0.1) is 0 Å². The number of hydrogen-bond donors (Lipinski definition) is 1. The van der Waals surface area contributed by atoms with Gasteiger partial charge in [-0.25, -0.2) is 14.2 Å². The van der Waals surface area contributed by atoms with Gasteiger partial charge in [0.1, 0.15) is 10.4 Å². The van der Waals surface area contributed by atoms with E-state index in [4.69, 9.17) is 4.74 Å². The molecule has 2 amide bonds. The number of hydrogen-bond acceptors (Lipinski definition) is 5. The highest BCUT2D eigenvalue weighted by Crippen LogP contribution is 2.30. The third kappa shape index (κ3) is 6.60. The number of likely N-dealkylation sites (tertiary alicyclic amines) is 1. The highest BCUT2D eigenvalue weighted by Gasteiger charge is 2.28. The second-order valence-electron chi connectivity index (χ2n) is 8.79. The second-order valence-corrected chi connectivity index (χ2v) is 9.60. The number of nitrogens with one attached hydrogen (secondary N) is 1. The molecule has 0 radical (unpaired) electrons. The summed E-state index contributed by atoms with van der Waals surface area (Å²) >= 11 is 3.28. The molecule has 0 bridgehead atoms. The molecule has 0 spiro atoms. The maximum Gasteiger partial charge on any atom is 0.341 e. The summed E-state index contributed by atoms with van der Waals surface area (Å²) in [6.07, 6.45) is 3.35. The summed E-state index contributed by atoms with van der Waals surface area (Å²) in [5, 5.41) is 2.90. The molecule has 1 N–H and O–H groups in total. The van der Waals surface area contributed by atoms with Crippen molar-refractivity contribution in [3.05, 3.63) is 93.5 Å². The molecule has 0 aliphatic carbocycles. The maximum absolute atomic E-state index is 14.9. The average Bonchev–Trinajstić information content (AvgIpc) is 2.90. The maximum atomic E-state index is 14.9. The van der Waals surface area contributed by atoms with E-state index in [0.717, 1.165) is 28.6 Å². The predicted molar refractivity (Wildman–Crippen MR) is 141 cm³/mol. The Kier molecular flexibility index (Phi) is 8.66. The number of aromatic nitrogens is 1. The van der Waals surface area contributed by atoms with Crippen molar-refractivity contribution in [2.24, 2.45) is 0 Å². The van der Waals surface area contributed by atoms with Gasteiger partial charge >= 0.3 is 5.97 Å². The lowest BCUT2D eigenvalue weighted by Crippen LogP contribution is -2.38. The summed E-state index contributed by atoms with van der Waals surface area (Å²) in [4.78, 5) is 43.1. The van der Waals surface area contributed by atoms with E-state index in [1.807, 2.05) is 30.3 Å². The van der Waals surface area contributed by atoms with E-state index < -0.39 is 17.7 Å². The van der Waals surface area contributed by atoms with Crippen LogP contribution in [0.3, 0.4) is 0 Å². The molecule has 4 rings (SSSR count). The highest BCUT2D eigenvalue weighted by atomic mass is 79.9. The van der Waals surface area contributed by atoms with Gasteiger partial charge in [-0.3, -0.25) is 9.59 Å². The Balaban J connectivity index is 1.32. The number of carbonyl (C=O) groups excluding carboxylic acids is 3. The summed E-state index contributed by atoms with van der Waals surface area (Å²) in [6, 6.07) is 15.6. The molecule has 0 atom stereocenters. The van der Waals surface area contributed by atoms with Gasteiger partial charge in [0.05, 0.1) is 24.2 Å². The van der Waals surface area contributed by atoms with Crippen molar-refractivity contribution < 1.29 is 23.5 Å². The SMILES string of the molecule is CCOC(=O)c1cccc(C(=O)N2CCC(c3ccc(NC(=O)Cc4ccc(Br)nc4)cc3)CC2)c1F. The number of nitrogens with zero attached hydrogens (tertiary/aromatic N) is 2. The average molecular weight is 568 g/mol. The van der Waals surface area contributed by atoms with Crippen molar-refractivity contribution in [2.45, 2.75) is 32.1 Å². The first-order chi connectivity index (χ1) is 17.9. The van der Waals surface area contributed by atoms with Gasteiger partial charge in [-0.2, -0.15) is 0 Å². The van der Waals surface area contributed by atoms with Crippen LogP contribution in [0.5, 0.6) is 0 Å². The number of benzene rings is 2. The Morgan fingerprint density at radius 1 is 1.05 bits per heavy atom. The fourth-order valence-electron chi connectivity index (χ4n) is 4.39. The predicted octanol–water partition coefficient (Wildman–Crippen LogP) is 5.36. The number of esters is 1. The molecule has 1 saturated heterocycles. The van der Waals surface area contributed by atoms with Crippen molar-refractivity contribution in [1.82, 2.24) is 9.88 Å². The number of anilines is 1. The molecule has 3 aromatic rings. The third-order valence-corrected chi connectivity index (χ3v) is 6.79. The summed E-state index contributed by atoms with van der Waals surface area (Å²) in [5.74, 6) is -1.93. The van der Waals surface area contributed by atoms with Crippen LogP contribution in [0.15, 0.2) is 65.4 Å². The Morgan fingerprint density at radius 2 is 1.76 bits per heavy atom. The summed E-state index contributed by atoms with van der Waals surface area (Å²) in [5.41, 5.74) is 2.30.